The number of benzene rings is 2. The number of nitriles is 1. The van der Waals surface area contributed by atoms with Crippen molar-refractivity contribution in [2.24, 2.45) is 5.92 Å². The number of nitrogens with one attached hydrogen (secondary N) is 2. The van der Waals surface area contributed by atoms with Crippen molar-refractivity contribution in [2.45, 2.75) is 6.04 Å². The minimum absolute atomic E-state index is 0.156. The molecule has 0 spiro atoms. The molecule has 5 heteroatoms. The fraction of sp³-hybridized carbons (Fsp3) is 0.158. The summed E-state index contributed by atoms with van der Waals surface area (Å²) in [6.45, 7) is 0.787. The molecule has 0 amide bonds. The van der Waals surface area contributed by atoms with Crippen LogP contribution in [-0.4, -0.2) is 11.5 Å². The van der Waals surface area contributed by atoms with Crippen molar-refractivity contribution < 1.29 is 0 Å². The first-order valence-electron chi connectivity index (χ1n) is 7.86. The molecule has 2 N–H and O–H groups in total. The quantitative estimate of drug-likeness (QED) is 0.719. The zero-order valence-electron chi connectivity index (χ0n) is 12.9. The second-order valence-electron chi connectivity index (χ2n) is 5.76. The average molecular weight is 332 g/mol. The Bertz CT molecular complexity index is 890. The Hall–Kier alpha value is -2.52. The number of hydrogen-bond donors (Lipinski definition) is 2. The minimum atomic E-state index is 0.156. The van der Waals surface area contributed by atoms with E-state index in [1.807, 2.05) is 48.5 Å². The van der Waals surface area contributed by atoms with Crippen LogP contribution in [0.4, 0.5) is 0 Å². The van der Waals surface area contributed by atoms with Crippen molar-refractivity contribution in [1.29, 1.82) is 5.26 Å². The number of nitrogens with zero attached hydrogens (tertiary/aromatic N) is 2. The summed E-state index contributed by atoms with van der Waals surface area (Å²) in [6.07, 6.45) is 2.04. The van der Waals surface area contributed by atoms with Crippen LogP contribution < -0.4 is 10.9 Å². The van der Waals surface area contributed by atoms with Gasteiger partial charge in [0.25, 0.3) is 0 Å². The van der Waals surface area contributed by atoms with E-state index in [1.165, 1.54) is 5.56 Å². The Kier molecular flexibility index (Phi) is 4.09. The first-order chi connectivity index (χ1) is 11.8. The van der Waals surface area contributed by atoms with Crippen LogP contribution in [0, 0.1) is 17.2 Å². The maximum absolute atomic E-state index is 9.63. The van der Waals surface area contributed by atoms with Gasteiger partial charge in [0.15, 0.2) is 0 Å². The SMILES string of the molecule is N#C/C(=C\C1CNNC1c1ccccc1)c1nc2ccccc2s1. The van der Waals surface area contributed by atoms with Crippen LogP contribution in [0.15, 0.2) is 60.7 Å². The van der Waals surface area contributed by atoms with E-state index in [1.54, 1.807) is 11.3 Å². The first-order valence-corrected chi connectivity index (χ1v) is 8.68. The molecule has 118 valence electrons. The van der Waals surface area contributed by atoms with Gasteiger partial charge in [0, 0.05) is 12.5 Å². The first kappa shape index (κ1) is 15.0. The molecule has 0 radical (unpaired) electrons. The maximum Gasteiger partial charge on any atom is 0.134 e. The van der Waals surface area contributed by atoms with E-state index < -0.39 is 0 Å². The van der Waals surface area contributed by atoms with Crippen LogP contribution in [0.25, 0.3) is 15.8 Å². The topological polar surface area (TPSA) is 60.7 Å². The third kappa shape index (κ3) is 2.83. The number of rotatable bonds is 3. The van der Waals surface area contributed by atoms with Crippen LogP contribution in [0.3, 0.4) is 0 Å². The molecule has 4 rings (SSSR count). The highest BCUT2D eigenvalue weighted by Crippen LogP contribution is 2.31. The monoisotopic (exact) mass is 332 g/mol. The van der Waals surface area contributed by atoms with E-state index in [-0.39, 0.29) is 12.0 Å². The summed E-state index contributed by atoms with van der Waals surface area (Å²) in [7, 11) is 0. The number of allylic oxidation sites excluding steroid dienone is 1. The molecule has 0 bridgehead atoms. The van der Waals surface area contributed by atoms with Gasteiger partial charge in [0.1, 0.15) is 11.1 Å². The van der Waals surface area contributed by atoms with Crippen LogP contribution in [0.2, 0.25) is 0 Å². The van der Waals surface area contributed by atoms with E-state index in [0.717, 1.165) is 21.8 Å². The predicted molar refractivity (Wildman–Crippen MR) is 97.0 cm³/mol. The Morgan fingerprint density at radius 2 is 1.96 bits per heavy atom. The number of fused-ring (bicyclic) bond motifs is 1. The van der Waals surface area contributed by atoms with Crippen molar-refractivity contribution in [3.63, 3.8) is 0 Å². The van der Waals surface area contributed by atoms with E-state index in [4.69, 9.17) is 0 Å². The lowest BCUT2D eigenvalue weighted by Crippen LogP contribution is -2.24. The number of thiazole rings is 1. The van der Waals surface area contributed by atoms with Crippen molar-refractivity contribution in [1.82, 2.24) is 15.8 Å². The van der Waals surface area contributed by atoms with Crippen LogP contribution in [0.5, 0.6) is 0 Å². The highest BCUT2D eigenvalue weighted by Gasteiger charge is 2.27. The zero-order chi connectivity index (χ0) is 16.4. The van der Waals surface area contributed by atoms with Gasteiger partial charge in [0.2, 0.25) is 0 Å². The summed E-state index contributed by atoms with van der Waals surface area (Å²) in [4.78, 5) is 4.61. The summed E-state index contributed by atoms with van der Waals surface area (Å²) >= 11 is 1.57. The number of hydrazine groups is 1. The van der Waals surface area contributed by atoms with E-state index in [2.05, 4.69) is 34.0 Å². The average Bonchev–Trinajstić information content (AvgIpc) is 3.26. The van der Waals surface area contributed by atoms with Gasteiger partial charge >= 0.3 is 0 Å². The Labute approximate surface area is 144 Å². The van der Waals surface area contributed by atoms with Gasteiger partial charge < -0.3 is 0 Å². The molecule has 4 nitrogen and oxygen atoms in total. The fourth-order valence-electron chi connectivity index (χ4n) is 3.02. The van der Waals surface area contributed by atoms with Crippen LogP contribution >= 0.6 is 11.3 Å². The van der Waals surface area contributed by atoms with Gasteiger partial charge in [-0.15, -0.1) is 11.3 Å². The Morgan fingerprint density at radius 1 is 1.17 bits per heavy atom. The minimum Gasteiger partial charge on any atom is -0.257 e. The van der Waals surface area contributed by atoms with Gasteiger partial charge in [-0.1, -0.05) is 48.5 Å². The number of hydrogen-bond acceptors (Lipinski definition) is 5. The predicted octanol–water partition coefficient (Wildman–Crippen LogP) is 3.67. The Morgan fingerprint density at radius 3 is 2.75 bits per heavy atom. The standard InChI is InChI=1S/C19H16N4S/c20-11-14(19-22-16-8-4-5-9-17(16)24-19)10-15-12-21-23-18(15)13-6-2-1-3-7-13/h1-10,15,18,21,23H,12H2/b14-10+. The summed E-state index contributed by atoms with van der Waals surface area (Å²) < 4.78 is 1.11. The molecule has 2 atom stereocenters. The van der Waals surface area contributed by atoms with Crippen molar-refractivity contribution >= 4 is 27.1 Å². The second kappa shape index (κ2) is 6.54. The summed E-state index contributed by atoms with van der Waals surface area (Å²) in [5.74, 6) is 0.203. The number of para-hydroxylation sites is 1. The molecular formula is C19H16N4S. The summed E-state index contributed by atoms with van der Waals surface area (Å²) in [5.41, 5.74) is 9.32. The van der Waals surface area contributed by atoms with E-state index in [0.29, 0.717) is 5.57 Å². The summed E-state index contributed by atoms with van der Waals surface area (Å²) in [5, 5.41) is 10.4. The van der Waals surface area contributed by atoms with E-state index >= 15 is 0 Å². The highest BCUT2D eigenvalue weighted by atomic mass is 32.1. The molecule has 2 heterocycles. The lowest BCUT2D eigenvalue weighted by Gasteiger charge is -2.15. The van der Waals surface area contributed by atoms with Gasteiger partial charge in [-0.3, -0.25) is 5.43 Å². The fourth-order valence-corrected chi connectivity index (χ4v) is 3.96. The number of aromatic nitrogens is 1. The van der Waals surface area contributed by atoms with Gasteiger partial charge in [-0.25, -0.2) is 10.4 Å². The third-order valence-electron chi connectivity index (χ3n) is 4.21. The lowest BCUT2D eigenvalue weighted by atomic mass is 9.93. The molecule has 2 aromatic carbocycles. The molecule has 1 fully saturated rings. The Balaban J connectivity index is 1.68. The zero-order valence-corrected chi connectivity index (χ0v) is 13.8. The van der Waals surface area contributed by atoms with Crippen LogP contribution in [0.1, 0.15) is 16.6 Å². The molecule has 0 aliphatic carbocycles. The van der Waals surface area contributed by atoms with Gasteiger partial charge in [0.05, 0.1) is 21.8 Å². The largest absolute Gasteiger partial charge is 0.257 e. The molecule has 3 aromatic rings. The molecule has 1 saturated heterocycles. The molecule has 1 aliphatic rings. The second-order valence-corrected chi connectivity index (χ2v) is 6.79. The smallest absolute Gasteiger partial charge is 0.134 e. The molecular weight excluding hydrogens is 316 g/mol. The van der Waals surface area contributed by atoms with E-state index in [9.17, 15) is 5.26 Å². The summed E-state index contributed by atoms with van der Waals surface area (Å²) in [6, 6.07) is 20.8. The lowest BCUT2D eigenvalue weighted by molar-refractivity contribution is 0.540. The molecule has 0 saturated carbocycles. The maximum atomic E-state index is 9.63. The molecule has 1 aliphatic heterocycles. The molecule has 24 heavy (non-hydrogen) atoms. The van der Waals surface area contributed by atoms with Crippen molar-refractivity contribution in [2.75, 3.05) is 6.54 Å². The van der Waals surface area contributed by atoms with Gasteiger partial charge in [-0.2, -0.15) is 5.26 Å². The van der Waals surface area contributed by atoms with Crippen molar-refractivity contribution in [3.8, 4) is 6.07 Å². The van der Waals surface area contributed by atoms with Gasteiger partial charge in [-0.05, 0) is 17.7 Å². The normalized spacial score (nSPS) is 21.0. The van der Waals surface area contributed by atoms with Crippen LogP contribution in [-0.2, 0) is 0 Å². The molecule has 1 aromatic heterocycles. The highest BCUT2D eigenvalue weighted by molar-refractivity contribution is 7.19. The van der Waals surface area contributed by atoms with Crippen molar-refractivity contribution in [3.05, 3.63) is 71.2 Å². The molecule has 2 unspecified atom stereocenters. The third-order valence-corrected chi connectivity index (χ3v) is 5.28.